The lowest BCUT2D eigenvalue weighted by Crippen LogP contribution is -2.22. The molecule has 1 aliphatic heterocycles. The Labute approximate surface area is 210 Å². The van der Waals surface area contributed by atoms with Crippen molar-refractivity contribution >= 4 is 23.1 Å². The summed E-state index contributed by atoms with van der Waals surface area (Å²) >= 11 is 0. The second-order valence-electron chi connectivity index (χ2n) is 8.56. The van der Waals surface area contributed by atoms with Gasteiger partial charge in [-0.3, -0.25) is 4.79 Å². The number of carbonyl (C=O) groups excluding carboxylic acids is 1. The maximum absolute atomic E-state index is 13.3. The molecule has 0 spiro atoms. The molecule has 36 heavy (non-hydrogen) atoms. The van der Waals surface area contributed by atoms with E-state index < -0.39 is 0 Å². The molecule has 7 heteroatoms. The first-order chi connectivity index (χ1) is 17.6. The maximum Gasteiger partial charge on any atom is 0.261 e. The van der Waals surface area contributed by atoms with Gasteiger partial charge in [0.15, 0.2) is 0 Å². The lowest BCUT2D eigenvalue weighted by atomic mass is 10.00. The smallest absolute Gasteiger partial charge is 0.261 e. The first-order valence-electron chi connectivity index (χ1n) is 11.9. The van der Waals surface area contributed by atoms with Crippen LogP contribution in [0.3, 0.4) is 0 Å². The molecule has 1 aliphatic rings. The van der Waals surface area contributed by atoms with E-state index in [4.69, 9.17) is 9.47 Å². The van der Waals surface area contributed by atoms with Gasteiger partial charge >= 0.3 is 0 Å². The fourth-order valence-electron chi connectivity index (χ4n) is 4.22. The van der Waals surface area contributed by atoms with Crippen molar-refractivity contribution in [3.63, 3.8) is 0 Å². The van der Waals surface area contributed by atoms with Gasteiger partial charge in [-0.15, -0.1) is 0 Å². The summed E-state index contributed by atoms with van der Waals surface area (Å²) in [6, 6.07) is 23.3. The van der Waals surface area contributed by atoms with Crippen molar-refractivity contribution in [3.05, 3.63) is 107 Å². The van der Waals surface area contributed by atoms with Crippen LogP contribution in [0.25, 0.3) is 5.70 Å². The fraction of sp³-hybridized carbons (Fsp3) is 0.172. The van der Waals surface area contributed by atoms with Gasteiger partial charge in [0.2, 0.25) is 0 Å². The molecule has 2 N–H and O–H groups in total. The Bertz CT molecular complexity index is 1410. The summed E-state index contributed by atoms with van der Waals surface area (Å²) in [6.45, 7) is 4.58. The molecule has 4 aromatic rings. The SMILES string of the molecule is CCOc1ccc(NC(=O)c2cnn3c2NC(c2cccc(OC)c2)=CC3c2ccc(C)cc2)cc1. The van der Waals surface area contributed by atoms with Gasteiger partial charge < -0.3 is 20.1 Å². The first kappa shape index (κ1) is 23.2. The fourth-order valence-corrected chi connectivity index (χ4v) is 4.22. The van der Waals surface area contributed by atoms with Crippen molar-refractivity contribution in [1.29, 1.82) is 0 Å². The molecule has 0 radical (unpaired) electrons. The third kappa shape index (κ3) is 4.68. The van der Waals surface area contributed by atoms with Crippen LogP contribution in [-0.2, 0) is 0 Å². The molecule has 0 saturated heterocycles. The Balaban J connectivity index is 1.50. The summed E-state index contributed by atoms with van der Waals surface area (Å²) in [6.07, 6.45) is 3.73. The molecule has 0 aliphatic carbocycles. The minimum atomic E-state index is -0.248. The van der Waals surface area contributed by atoms with Crippen LogP contribution < -0.4 is 20.1 Å². The van der Waals surface area contributed by atoms with Crippen molar-refractivity contribution in [2.75, 3.05) is 24.4 Å². The van der Waals surface area contributed by atoms with E-state index in [0.717, 1.165) is 28.3 Å². The zero-order chi connectivity index (χ0) is 25.1. The summed E-state index contributed by atoms with van der Waals surface area (Å²) in [4.78, 5) is 13.3. The van der Waals surface area contributed by atoms with E-state index in [0.29, 0.717) is 23.7 Å². The van der Waals surface area contributed by atoms with Crippen molar-refractivity contribution in [1.82, 2.24) is 9.78 Å². The number of carbonyl (C=O) groups is 1. The number of ether oxygens (including phenoxy) is 2. The Morgan fingerprint density at radius 2 is 1.83 bits per heavy atom. The average molecular weight is 481 g/mol. The monoisotopic (exact) mass is 480 g/mol. The average Bonchev–Trinajstić information content (AvgIpc) is 3.34. The number of nitrogens with one attached hydrogen (secondary N) is 2. The molecule has 0 fully saturated rings. The standard InChI is InChI=1S/C29H28N4O3/c1-4-36-23-14-12-22(13-15-23)31-29(34)25-18-30-33-27(20-10-8-19(2)9-11-20)17-26(32-28(25)33)21-6-5-7-24(16-21)35-3/h5-18,27,32H,4H2,1-3H3,(H,31,34). The number of nitrogens with zero attached hydrogens (tertiary/aromatic N) is 2. The predicted octanol–water partition coefficient (Wildman–Crippen LogP) is 5.91. The second-order valence-corrected chi connectivity index (χ2v) is 8.56. The number of aromatic nitrogens is 2. The van der Waals surface area contributed by atoms with Gasteiger partial charge in [0, 0.05) is 16.9 Å². The van der Waals surface area contributed by atoms with Crippen LogP contribution in [0.15, 0.2) is 85.1 Å². The van der Waals surface area contributed by atoms with Gasteiger partial charge in [0.05, 0.1) is 26.0 Å². The highest BCUT2D eigenvalue weighted by atomic mass is 16.5. The Hall–Kier alpha value is -4.52. The second kappa shape index (κ2) is 10.00. The first-order valence-corrected chi connectivity index (χ1v) is 11.9. The highest BCUT2D eigenvalue weighted by molar-refractivity contribution is 6.08. The number of anilines is 2. The van der Waals surface area contributed by atoms with Crippen LogP contribution in [0.4, 0.5) is 11.5 Å². The molecular weight excluding hydrogens is 452 g/mol. The van der Waals surface area contributed by atoms with Gasteiger partial charge in [0.25, 0.3) is 5.91 Å². The molecule has 0 saturated carbocycles. The van der Waals surface area contributed by atoms with Crippen LogP contribution in [-0.4, -0.2) is 29.4 Å². The number of rotatable bonds is 7. The largest absolute Gasteiger partial charge is 0.497 e. The van der Waals surface area contributed by atoms with Crippen molar-refractivity contribution in [3.8, 4) is 11.5 Å². The summed E-state index contributed by atoms with van der Waals surface area (Å²) in [5.41, 5.74) is 5.22. The number of fused-ring (bicyclic) bond motifs is 1. The molecule has 7 nitrogen and oxygen atoms in total. The van der Waals surface area contributed by atoms with Crippen molar-refractivity contribution < 1.29 is 14.3 Å². The molecule has 1 unspecified atom stereocenters. The molecule has 1 atom stereocenters. The quantitative estimate of drug-likeness (QED) is 0.344. The van der Waals surface area contributed by atoms with Gasteiger partial charge in [-0.1, -0.05) is 42.0 Å². The summed E-state index contributed by atoms with van der Waals surface area (Å²) < 4.78 is 12.8. The summed E-state index contributed by atoms with van der Waals surface area (Å²) in [7, 11) is 1.65. The van der Waals surface area contributed by atoms with Gasteiger partial charge in [-0.25, -0.2) is 4.68 Å². The molecule has 0 bridgehead atoms. The third-order valence-electron chi connectivity index (χ3n) is 6.10. The molecule has 1 aromatic heterocycles. The highest BCUT2D eigenvalue weighted by Gasteiger charge is 2.28. The number of allylic oxidation sites excluding steroid dienone is 1. The van der Waals surface area contributed by atoms with Gasteiger partial charge in [-0.05, 0) is 61.9 Å². The topological polar surface area (TPSA) is 77.4 Å². The number of amides is 1. The summed E-state index contributed by atoms with van der Waals surface area (Å²) in [5.74, 6) is 1.90. The molecule has 2 heterocycles. The van der Waals surface area contributed by atoms with E-state index in [2.05, 4.69) is 53.0 Å². The molecule has 182 valence electrons. The minimum Gasteiger partial charge on any atom is -0.497 e. The number of hydrogen-bond acceptors (Lipinski definition) is 5. The van der Waals surface area contributed by atoms with Crippen LogP contribution in [0.5, 0.6) is 11.5 Å². The molecule has 5 rings (SSSR count). The van der Waals surface area contributed by atoms with E-state index in [1.165, 1.54) is 5.56 Å². The van der Waals surface area contributed by atoms with E-state index >= 15 is 0 Å². The molecule has 3 aromatic carbocycles. The third-order valence-corrected chi connectivity index (χ3v) is 6.10. The zero-order valence-corrected chi connectivity index (χ0v) is 20.5. The number of hydrogen-bond donors (Lipinski definition) is 2. The van der Waals surface area contributed by atoms with Gasteiger partial charge in [0.1, 0.15) is 22.9 Å². The Morgan fingerprint density at radius 1 is 1.06 bits per heavy atom. The maximum atomic E-state index is 13.3. The summed E-state index contributed by atoms with van der Waals surface area (Å²) in [5, 5.41) is 11.0. The lowest BCUT2D eigenvalue weighted by molar-refractivity contribution is 0.102. The molecular formula is C29H28N4O3. The molecule has 1 amide bonds. The number of benzene rings is 3. The lowest BCUT2D eigenvalue weighted by Gasteiger charge is -2.26. The number of methoxy groups -OCH3 is 1. The normalized spacial score (nSPS) is 14.3. The van der Waals surface area contributed by atoms with E-state index in [-0.39, 0.29) is 11.9 Å². The van der Waals surface area contributed by atoms with Crippen molar-refractivity contribution in [2.45, 2.75) is 19.9 Å². The number of aryl methyl sites for hydroxylation is 1. The van der Waals surface area contributed by atoms with E-state index in [1.807, 2.05) is 60.1 Å². The minimum absolute atomic E-state index is 0.185. The van der Waals surface area contributed by atoms with Crippen LogP contribution in [0.2, 0.25) is 0 Å². The van der Waals surface area contributed by atoms with E-state index in [1.54, 1.807) is 13.3 Å². The van der Waals surface area contributed by atoms with Gasteiger partial charge in [-0.2, -0.15) is 5.10 Å². The van der Waals surface area contributed by atoms with E-state index in [9.17, 15) is 4.79 Å². The van der Waals surface area contributed by atoms with Crippen LogP contribution >= 0.6 is 0 Å². The zero-order valence-electron chi connectivity index (χ0n) is 20.5. The highest BCUT2D eigenvalue weighted by Crippen LogP contribution is 2.36. The Morgan fingerprint density at radius 3 is 2.56 bits per heavy atom. The van der Waals surface area contributed by atoms with Crippen molar-refractivity contribution in [2.24, 2.45) is 0 Å². The predicted molar refractivity (Wildman–Crippen MR) is 142 cm³/mol. The van der Waals surface area contributed by atoms with Crippen LogP contribution in [0, 0.1) is 6.92 Å². The van der Waals surface area contributed by atoms with Crippen LogP contribution in [0.1, 0.15) is 40.0 Å². The Kier molecular flexibility index (Phi) is 6.45.